The lowest BCUT2D eigenvalue weighted by Crippen LogP contribution is -2.24. The Morgan fingerprint density at radius 3 is 1.54 bits per heavy atom. The molecule has 0 saturated carbocycles. The molecule has 0 heterocycles. The van der Waals surface area contributed by atoms with Gasteiger partial charge in [0.2, 0.25) is 0 Å². The summed E-state index contributed by atoms with van der Waals surface area (Å²) in [6.07, 6.45) is 35.4. The summed E-state index contributed by atoms with van der Waals surface area (Å²) in [5.74, 6) is 0.280. The Hall–Kier alpha value is -3.19. The highest BCUT2D eigenvalue weighted by atomic mass is 16.1. The Kier molecular flexibility index (Phi) is 13.0. The van der Waals surface area contributed by atoms with Crippen molar-refractivity contribution < 1.29 is 4.79 Å². The van der Waals surface area contributed by atoms with Gasteiger partial charge in [-0.3, -0.25) is 4.79 Å². The number of hydrogen-bond donors (Lipinski definition) is 0. The maximum absolute atomic E-state index is 12.2. The van der Waals surface area contributed by atoms with E-state index in [4.69, 9.17) is 0 Å². The van der Waals surface area contributed by atoms with Gasteiger partial charge in [0.05, 0.1) is 0 Å². The van der Waals surface area contributed by atoms with Crippen molar-refractivity contribution in [2.45, 2.75) is 101 Å². The molecular weight excluding hydrogens is 496 g/mol. The van der Waals surface area contributed by atoms with Crippen LogP contribution in [-0.2, 0) is 4.79 Å². The van der Waals surface area contributed by atoms with Gasteiger partial charge in [-0.15, -0.1) is 0 Å². The molecule has 0 N–H and O–H groups in total. The summed E-state index contributed by atoms with van der Waals surface area (Å²) >= 11 is 0. The average molecular weight is 551 g/mol. The maximum Gasteiger partial charge on any atom is 0.158 e. The summed E-state index contributed by atoms with van der Waals surface area (Å²) in [4.78, 5) is 12.2. The van der Waals surface area contributed by atoms with Gasteiger partial charge in [0.1, 0.15) is 0 Å². The second kappa shape index (κ2) is 15.7. The van der Waals surface area contributed by atoms with E-state index in [-0.39, 0.29) is 16.6 Å². The third-order valence-electron chi connectivity index (χ3n) is 8.36. The third kappa shape index (κ3) is 11.3. The zero-order valence-corrected chi connectivity index (χ0v) is 27.5. The van der Waals surface area contributed by atoms with E-state index in [2.05, 4.69) is 147 Å². The molecule has 2 rings (SSSR count). The first-order chi connectivity index (χ1) is 19.2. The van der Waals surface area contributed by atoms with E-state index in [0.29, 0.717) is 6.42 Å². The summed E-state index contributed by atoms with van der Waals surface area (Å²) in [6.45, 7) is 21.9. The molecule has 41 heavy (non-hydrogen) atoms. The molecule has 0 radical (unpaired) electrons. The summed E-state index contributed by atoms with van der Waals surface area (Å²) in [5, 5.41) is 0. The molecule has 0 spiro atoms. The third-order valence-corrected chi connectivity index (χ3v) is 8.36. The van der Waals surface area contributed by atoms with Gasteiger partial charge in [-0.2, -0.15) is 0 Å². The number of rotatable bonds is 10. The van der Waals surface area contributed by atoms with Crippen LogP contribution in [0.3, 0.4) is 0 Å². The Bertz CT molecular complexity index is 1300. The van der Waals surface area contributed by atoms with Gasteiger partial charge < -0.3 is 0 Å². The summed E-state index contributed by atoms with van der Waals surface area (Å²) in [7, 11) is 0. The number of carbonyl (C=O) groups excluding carboxylic acids is 1. The number of allylic oxidation sites excluding steroid dienone is 22. The van der Waals surface area contributed by atoms with Crippen LogP contribution < -0.4 is 0 Å². The van der Waals surface area contributed by atoms with Crippen molar-refractivity contribution in [2.24, 2.45) is 10.8 Å². The van der Waals surface area contributed by atoms with Gasteiger partial charge in [0, 0.05) is 6.42 Å². The molecular formula is C40H54O. The van der Waals surface area contributed by atoms with Crippen LogP contribution >= 0.6 is 0 Å². The Balaban J connectivity index is 1.91. The topological polar surface area (TPSA) is 17.1 Å². The van der Waals surface area contributed by atoms with Crippen molar-refractivity contribution in [2.75, 3.05) is 0 Å². The Morgan fingerprint density at radius 1 is 0.585 bits per heavy atom. The smallest absolute Gasteiger partial charge is 0.158 e. The van der Waals surface area contributed by atoms with E-state index in [1.54, 1.807) is 0 Å². The molecule has 0 bridgehead atoms. The zero-order valence-electron chi connectivity index (χ0n) is 27.5. The van der Waals surface area contributed by atoms with Crippen molar-refractivity contribution in [3.8, 4) is 0 Å². The summed E-state index contributed by atoms with van der Waals surface area (Å²) < 4.78 is 0. The molecule has 0 amide bonds. The standard InChI is InChI=1S/C40H54O/c1-30(18-13-20-32(3)23-25-36-34(5)22-15-28-39(36,7)8)16-11-12-17-31(2)19-14-21-33(4)24-26-37-35(6)38(41)27-29-40(37,9)10/h11-14,16-21,23-26H,15,22,27-29H2,1-10H3/b12-11+,18-13+,19-14+,25-23+,26-24+,30-16-,31-17+,32-20-,33-21+. The van der Waals surface area contributed by atoms with Gasteiger partial charge in [-0.25, -0.2) is 0 Å². The zero-order chi connectivity index (χ0) is 30.6. The lowest BCUT2D eigenvalue weighted by atomic mass is 9.72. The molecule has 0 unspecified atom stereocenters. The SMILES string of the molecule is CC1=C(/C=C/C(C)=C\C=C\C(C)=C/C=C/C=C(C)/C=C/C=C(C)/C=C/C2=C(C)C(=O)CCC2(C)C)C(C)(C)CCC1. The van der Waals surface area contributed by atoms with Gasteiger partial charge in [-0.1, -0.05) is 141 Å². The van der Waals surface area contributed by atoms with Crippen LogP contribution in [0.2, 0.25) is 0 Å². The summed E-state index contributed by atoms with van der Waals surface area (Å²) in [5.41, 5.74) is 10.3. The minimum Gasteiger partial charge on any atom is -0.295 e. The van der Waals surface area contributed by atoms with E-state index < -0.39 is 0 Å². The van der Waals surface area contributed by atoms with Gasteiger partial charge in [0.25, 0.3) is 0 Å². The van der Waals surface area contributed by atoms with Gasteiger partial charge >= 0.3 is 0 Å². The van der Waals surface area contributed by atoms with Crippen LogP contribution in [0, 0.1) is 10.8 Å². The average Bonchev–Trinajstić information content (AvgIpc) is 2.88. The van der Waals surface area contributed by atoms with E-state index in [0.717, 1.165) is 17.6 Å². The highest BCUT2D eigenvalue weighted by Crippen LogP contribution is 2.41. The monoisotopic (exact) mass is 550 g/mol. The minimum atomic E-state index is 0.0507. The van der Waals surface area contributed by atoms with E-state index in [1.165, 1.54) is 52.7 Å². The van der Waals surface area contributed by atoms with Gasteiger partial charge in [0.15, 0.2) is 5.78 Å². The highest BCUT2D eigenvalue weighted by molar-refractivity contribution is 5.97. The van der Waals surface area contributed by atoms with Crippen LogP contribution in [0.5, 0.6) is 0 Å². The summed E-state index contributed by atoms with van der Waals surface area (Å²) in [6, 6.07) is 0. The molecule has 2 aliphatic carbocycles. The number of ketones is 1. The fourth-order valence-corrected chi connectivity index (χ4v) is 5.54. The Labute approximate surface area is 252 Å². The quantitative estimate of drug-likeness (QED) is 0.247. The lowest BCUT2D eigenvalue weighted by Gasteiger charge is -2.32. The normalized spacial score (nSPS) is 21.8. The van der Waals surface area contributed by atoms with Crippen LogP contribution in [0.4, 0.5) is 0 Å². The van der Waals surface area contributed by atoms with Crippen molar-refractivity contribution in [3.05, 3.63) is 130 Å². The first-order valence-corrected chi connectivity index (χ1v) is 15.3. The highest BCUT2D eigenvalue weighted by Gasteiger charge is 2.30. The number of carbonyl (C=O) groups is 1. The number of Topliss-reactive ketones (excluding diaryl/α,β-unsaturated/α-hetero) is 1. The molecule has 0 aromatic heterocycles. The van der Waals surface area contributed by atoms with Crippen molar-refractivity contribution in [3.63, 3.8) is 0 Å². The first kappa shape index (κ1) is 34.0. The lowest BCUT2D eigenvalue weighted by molar-refractivity contribution is -0.116. The van der Waals surface area contributed by atoms with E-state index in [1.807, 2.05) is 6.92 Å². The second-order valence-corrected chi connectivity index (χ2v) is 13.2. The molecule has 0 aromatic carbocycles. The van der Waals surface area contributed by atoms with Gasteiger partial charge in [-0.05, 0) is 94.8 Å². The molecule has 0 saturated heterocycles. The molecule has 1 heteroatoms. The number of hydrogen-bond acceptors (Lipinski definition) is 1. The van der Waals surface area contributed by atoms with Crippen LogP contribution in [-0.4, -0.2) is 5.78 Å². The van der Waals surface area contributed by atoms with Crippen molar-refractivity contribution in [1.82, 2.24) is 0 Å². The molecule has 0 fully saturated rings. The van der Waals surface area contributed by atoms with E-state index in [9.17, 15) is 4.79 Å². The predicted molar refractivity (Wildman–Crippen MR) is 182 cm³/mol. The van der Waals surface area contributed by atoms with Crippen LogP contribution in [0.1, 0.15) is 101 Å². The molecule has 0 atom stereocenters. The molecule has 0 aliphatic heterocycles. The van der Waals surface area contributed by atoms with Crippen LogP contribution in [0.15, 0.2) is 130 Å². The predicted octanol–water partition coefficient (Wildman–Crippen LogP) is 11.8. The van der Waals surface area contributed by atoms with Crippen LogP contribution in [0.25, 0.3) is 0 Å². The molecule has 0 aromatic rings. The minimum absolute atomic E-state index is 0.0507. The fraction of sp³-hybridized carbons (Fsp3) is 0.425. The maximum atomic E-state index is 12.2. The molecule has 220 valence electrons. The van der Waals surface area contributed by atoms with Crippen molar-refractivity contribution >= 4 is 5.78 Å². The molecule has 2 aliphatic rings. The van der Waals surface area contributed by atoms with E-state index >= 15 is 0 Å². The Morgan fingerprint density at radius 2 is 1.02 bits per heavy atom. The van der Waals surface area contributed by atoms with Crippen molar-refractivity contribution in [1.29, 1.82) is 0 Å². The second-order valence-electron chi connectivity index (χ2n) is 13.2. The largest absolute Gasteiger partial charge is 0.295 e. The molecule has 1 nitrogen and oxygen atoms in total. The fourth-order valence-electron chi connectivity index (χ4n) is 5.54. The first-order valence-electron chi connectivity index (χ1n) is 15.3.